The first-order chi connectivity index (χ1) is 4.34. The number of rotatable bonds is 1. The van der Waals surface area contributed by atoms with E-state index in [0.29, 0.717) is 11.8 Å². The molecule has 1 rings (SSSR count). The smallest absolute Gasteiger partial charge is 0.153 e. The minimum absolute atomic E-state index is 0. The normalized spacial score (nSPS) is 8.00. The SMILES string of the molecule is O=Cc1ccccc1O.[Pd]. The molecular formula is C7H6O2Pd. The Morgan fingerprint density at radius 2 is 1.90 bits per heavy atom. The van der Waals surface area contributed by atoms with Gasteiger partial charge in [-0.05, 0) is 12.1 Å². The van der Waals surface area contributed by atoms with E-state index in [9.17, 15) is 4.79 Å². The number of benzene rings is 1. The van der Waals surface area contributed by atoms with Crippen molar-refractivity contribution in [1.82, 2.24) is 0 Å². The molecule has 1 N–H and O–H groups in total. The topological polar surface area (TPSA) is 37.3 Å². The van der Waals surface area contributed by atoms with Crippen LogP contribution in [-0.4, -0.2) is 11.4 Å². The van der Waals surface area contributed by atoms with Gasteiger partial charge in [0.25, 0.3) is 0 Å². The van der Waals surface area contributed by atoms with Gasteiger partial charge in [0.15, 0.2) is 6.29 Å². The van der Waals surface area contributed by atoms with E-state index in [-0.39, 0.29) is 26.2 Å². The van der Waals surface area contributed by atoms with Gasteiger partial charge >= 0.3 is 0 Å². The second-order valence-corrected chi connectivity index (χ2v) is 1.68. The third kappa shape index (κ3) is 1.94. The summed E-state index contributed by atoms with van der Waals surface area (Å²) in [7, 11) is 0. The van der Waals surface area contributed by atoms with E-state index in [1.165, 1.54) is 6.07 Å². The van der Waals surface area contributed by atoms with Crippen molar-refractivity contribution in [3.63, 3.8) is 0 Å². The molecule has 0 aliphatic carbocycles. The zero-order chi connectivity index (χ0) is 6.69. The van der Waals surface area contributed by atoms with E-state index >= 15 is 0 Å². The number of aldehydes is 1. The Labute approximate surface area is 72.5 Å². The van der Waals surface area contributed by atoms with Crippen molar-refractivity contribution in [2.75, 3.05) is 0 Å². The van der Waals surface area contributed by atoms with Crippen molar-refractivity contribution in [3.8, 4) is 5.75 Å². The molecule has 1 aromatic carbocycles. The molecule has 0 radical (unpaired) electrons. The second kappa shape index (κ2) is 4.21. The molecule has 0 saturated carbocycles. The van der Waals surface area contributed by atoms with Crippen LogP contribution in [0.5, 0.6) is 5.75 Å². The van der Waals surface area contributed by atoms with Crippen LogP contribution < -0.4 is 0 Å². The van der Waals surface area contributed by atoms with Crippen LogP contribution in [0.3, 0.4) is 0 Å². The van der Waals surface area contributed by atoms with Crippen LogP contribution >= 0.6 is 0 Å². The molecule has 56 valence electrons. The number of aromatic hydroxyl groups is 1. The molecule has 0 unspecified atom stereocenters. The maximum Gasteiger partial charge on any atom is 0.153 e. The van der Waals surface area contributed by atoms with Gasteiger partial charge in [-0.15, -0.1) is 0 Å². The third-order valence-electron chi connectivity index (χ3n) is 1.06. The van der Waals surface area contributed by atoms with E-state index in [0.717, 1.165) is 0 Å². The summed E-state index contributed by atoms with van der Waals surface area (Å²) in [5, 5.41) is 8.88. The Kier molecular flexibility index (Phi) is 3.94. The van der Waals surface area contributed by atoms with Crippen LogP contribution in [0.1, 0.15) is 10.4 Å². The first kappa shape index (κ1) is 9.35. The van der Waals surface area contributed by atoms with Gasteiger partial charge in [-0.2, -0.15) is 0 Å². The zero-order valence-electron chi connectivity index (χ0n) is 5.06. The number of para-hydroxylation sites is 1. The van der Waals surface area contributed by atoms with Crippen molar-refractivity contribution in [2.24, 2.45) is 0 Å². The molecule has 2 nitrogen and oxygen atoms in total. The summed E-state index contributed by atoms with van der Waals surface area (Å²) < 4.78 is 0. The van der Waals surface area contributed by atoms with Crippen molar-refractivity contribution in [1.29, 1.82) is 0 Å². The molecule has 0 fully saturated rings. The number of hydrogen-bond acceptors (Lipinski definition) is 2. The number of phenolic OH excluding ortho intramolecular Hbond substituents is 1. The van der Waals surface area contributed by atoms with Crippen LogP contribution in [0.4, 0.5) is 0 Å². The van der Waals surface area contributed by atoms with Gasteiger partial charge in [0, 0.05) is 20.4 Å². The maximum absolute atomic E-state index is 10.1. The summed E-state index contributed by atoms with van der Waals surface area (Å²) in [4.78, 5) is 10.1. The van der Waals surface area contributed by atoms with Crippen LogP contribution in [0.2, 0.25) is 0 Å². The minimum atomic E-state index is 0. The Hall–Kier alpha value is -0.648. The molecule has 0 atom stereocenters. The first-order valence-corrected chi connectivity index (χ1v) is 2.58. The van der Waals surface area contributed by atoms with Gasteiger partial charge in [-0.1, -0.05) is 12.1 Å². The van der Waals surface area contributed by atoms with E-state index < -0.39 is 0 Å². The summed E-state index contributed by atoms with van der Waals surface area (Å²) >= 11 is 0. The summed E-state index contributed by atoms with van der Waals surface area (Å²) in [5.74, 6) is 0.0347. The average Bonchev–Trinajstić information content (AvgIpc) is 1.89. The molecule has 0 heterocycles. The molecule has 10 heavy (non-hydrogen) atoms. The number of phenols is 1. The molecular weight excluding hydrogens is 222 g/mol. The van der Waals surface area contributed by atoms with Crippen LogP contribution in [0.15, 0.2) is 24.3 Å². The van der Waals surface area contributed by atoms with Crippen LogP contribution in [-0.2, 0) is 20.4 Å². The van der Waals surface area contributed by atoms with E-state index in [1.54, 1.807) is 18.2 Å². The molecule has 0 aromatic heterocycles. The van der Waals surface area contributed by atoms with Crippen LogP contribution in [0, 0.1) is 0 Å². The van der Waals surface area contributed by atoms with E-state index in [1.807, 2.05) is 0 Å². The van der Waals surface area contributed by atoms with Gasteiger partial charge in [0.1, 0.15) is 5.75 Å². The number of carbonyl (C=O) groups excluding carboxylic acids is 1. The third-order valence-corrected chi connectivity index (χ3v) is 1.06. The van der Waals surface area contributed by atoms with Gasteiger partial charge in [-0.3, -0.25) is 4.79 Å². The fourth-order valence-corrected chi connectivity index (χ4v) is 0.587. The summed E-state index contributed by atoms with van der Waals surface area (Å²) in [6.07, 6.45) is 0.620. The molecule has 0 saturated heterocycles. The average molecular weight is 229 g/mol. The van der Waals surface area contributed by atoms with Gasteiger partial charge in [0.05, 0.1) is 5.56 Å². The Morgan fingerprint density at radius 1 is 1.30 bits per heavy atom. The molecule has 0 spiro atoms. The standard InChI is InChI=1S/C7H6O2.Pd/c8-5-6-3-1-2-4-7(6)9;/h1-5,9H;. The second-order valence-electron chi connectivity index (χ2n) is 1.68. The summed E-state index contributed by atoms with van der Waals surface area (Å²) in [5.41, 5.74) is 0.331. The first-order valence-electron chi connectivity index (χ1n) is 2.58. The predicted molar refractivity (Wildman–Crippen MR) is 33.5 cm³/mol. The van der Waals surface area contributed by atoms with Gasteiger partial charge in [0.2, 0.25) is 0 Å². The Bertz CT molecular complexity index is 223. The van der Waals surface area contributed by atoms with E-state index in [2.05, 4.69) is 0 Å². The largest absolute Gasteiger partial charge is 0.507 e. The van der Waals surface area contributed by atoms with Crippen molar-refractivity contribution in [3.05, 3.63) is 29.8 Å². The van der Waals surface area contributed by atoms with E-state index in [4.69, 9.17) is 5.11 Å². The molecule has 0 bridgehead atoms. The fraction of sp³-hybridized carbons (Fsp3) is 0. The predicted octanol–water partition coefficient (Wildman–Crippen LogP) is 1.20. The summed E-state index contributed by atoms with van der Waals surface area (Å²) in [6, 6.07) is 6.40. The van der Waals surface area contributed by atoms with Crippen LogP contribution in [0.25, 0.3) is 0 Å². The summed E-state index contributed by atoms with van der Waals surface area (Å²) in [6.45, 7) is 0. The van der Waals surface area contributed by atoms with Gasteiger partial charge < -0.3 is 5.11 Å². The minimum Gasteiger partial charge on any atom is -0.507 e. The van der Waals surface area contributed by atoms with Crippen molar-refractivity contribution >= 4 is 6.29 Å². The maximum atomic E-state index is 10.1. The fourth-order valence-electron chi connectivity index (χ4n) is 0.587. The Balaban J connectivity index is 0.000000810. The quantitative estimate of drug-likeness (QED) is 0.579. The monoisotopic (exact) mass is 228 g/mol. The molecule has 0 amide bonds. The van der Waals surface area contributed by atoms with Gasteiger partial charge in [-0.25, -0.2) is 0 Å². The Morgan fingerprint density at radius 3 is 2.30 bits per heavy atom. The molecule has 0 aliphatic rings. The molecule has 0 aliphatic heterocycles. The van der Waals surface area contributed by atoms with Crippen molar-refractivity contribution in [2.45, 2.75) is 0 Å². The number of carbonyl (C=O) groups is 1. The zero-order valence-corrected chi connectivity index (χ0v) is 6.61. The molecule has 3 heteroatoms. The van der Waals surface area contributed by atoms with Crippen molar-refractivity contribution < 1.29 is 30.3 Å². The molecule has 1 aromatic rings. The number of hydrogen-bond donors (Lipinski definition) is 1.